The molecular formula is C9H9FN2. The van der Waals surface area contributed by atoms with Crippen molar-refractivity contribution in [2.24, 2.45) is 0 Å². The molecule has 0 radical (unpaired) electrons. The molecule has 1 N–H and O–H groups in total. The number of hydrogen-bond donors (Lipinski definition) is 1. The summed E-state index contributed by atoms with van der Waals surface area (Å²) in [5.74, 6) is -0.284. The molecule has 2 nitrogen and oxygen atoms in total. The molecule has 62 valence electrons. The van der Waals surface area contributed by atoms with Gasteiger partial charge in [-0.3, -0.25) is 0 Å². The van der Waals surface area contributed by atoms with Gasteiger partial charge < -0.3 is 5.32 Å². The fourth-order valence-electron chi connectivity index (χ4n) is 1.00. The van der Waals surface area contributed by atoms with Crippen molar-refractivity contribution in [1.82, 2.24) is 5.32 Å². The van der Waals surface area contributed by atoms with Crippen LogP contribution in [0.1, 0.15) is 18.5 Å². The second-order valence-electron chi connectivity index (χ2n) is 2.50. The third kappa shape index (κ3) is 1.73. The van der Waals surface area contributed by atoms with Crippen LogP contribution < -0.4 is 5.32 Å². The average molecular weight is 164 g/mol. The molecule has 0 aliphatic heterocycles. The molecule has 0 saturated heterocycles. The smallest absolute Gasteiger partial charge is 0.177 e. The molecule has 1 aromatic rings. The van der Waals surface area contributed by atoms with E-state index >= 15 is 0 Å². The first kappa shape index (κ1) is 8.54. The Morgan fingerprint density at radius 3 is 2.75 bits per heavy atom. The second-order valence-corrected chi connectivity index (χ2v) is 2.50. The molecule has 3 heteroatoms. The minimum absolute atomic E-state index is 0.267. The summed E-state index contributed by atoms with van der Waals surface area (Å²) in [5.41, 5.74) is 0.513. The molecule has 1 rings (SSSR count). The highest BCUT2D eigenvalue weighted by atomic mass is 19.1. The molecule has 0 spiro atoms. The predicted octanol–water partition coefficient (Wildman–Crippen LogP) is 1.96. The number of nitrogens with zero attached hydrogens (tertiary/aromatic N) is 1. The van der Waals surface area contributed by atoms with Gasteiger partial charge >= 0.3 is 0 Å². The lowest BCUT2D eigenvalue weighted by atomic mass is 10.1. The van der Waals surface area contributed by atoms with Crippen LogP contribution in [0.25, 0.3) is 0 Å². The van der Waals surface area contributed by atoms with Gasteiger partial charge in [0.15, 0.2) is 6.19 Å². The van der Waals surface area contributed by atoms with Crippen molar-refractivity contribution >= 4 is 0 Å². The van der Waals surface area contributed by atoms with Crippen LogP contribution in [0, 0.1) is 17.3 Å². The van der Waals surface area contributed by atoms with Crippen LogP contribution in [0.3, 0.4) is 0 Å². The van der Waals surface area contributed by atoms with E-state index in [1.165, 1.54) is 6.07 Å². The molecular weight excluding hydrogens is 155 g/mol. The minimum Gasteiger partial charge on any atom is -0.317 e. The zero-order chi connectivity index (χ0) is 8.97. The Kier molecular flexibility index (Phi) is 2.65. The second kappa shape index (κ2) is 3.72. The van der Waals surface area contributed by atoms with Gasteiger partial charge in [0.2, 0.25) is 0 Å². The van der Waals surface area contributed by atoms with E-state index < -0.39 is 0 Å². The summed E-state index contributed by atoms with van der Waals surface area (Å²) in [4.78, 5) is 0. The highest BCUT2D eigenvalue weighted by Crippen LogP contribution is 2.14. The first-order valence-electron chi connectivity index (χ1n) is 3.64. The average Bonchev–Trinajstić information content (AvgIpc) is 2.05. The van der Waals surface area contributed by atoms with Gasteiger partial charge in [0, 0.05) is 5.56 Å². The summed E-state index contributed by atoms with van der Waals surface area (Å²) >= 11 is 0. The van der Waals surface area contributed by atoms with E-state index in [4.69, 9.17) is 5.26 Å². The summed E-state index contributed by atoms with van der Waals surface area (Å²) in [6, 6.07) is 6.14. The van der Waals surface area contributed by atoms with E-state index in [9.17, 15) is 4.39 Å². The molecule has 0 saturated carbocycles. The van der Waals surface area contributed by atoms with E-state index in [-0.39, 0.29) is 11.9 Å². The summed E-state index contributed by atoms with van der Waals surface area (Å²) in [6.07, 6.45) is 1.78. The van der Waals surface area contributed by atoms with Gasteiger partial charge in [0.05, 0.1) is 6.04 Å². The topological polar surface area (TPSA) is 35.8 Å². The Balaban J connectivity index is 2.88. The minimum atomic E-state index is -0.284. The van der Waals surface area contributed by atoms with Crippen LogP contribution in [-0.2, 0) is 0 Å². The van der Waals surface area contributed by atoms with Crippen LogP contribution >= 0.6 is 0 Å². The summed E-state index contributed by atoms with van der Waals surface area (Å²) < 4.78 is 13.0. The van der Waals surface area contributed by atoms with Crippen molar-refractivity contribution in [3.63, 3.8) is 0 Å². The fraction of sp³-hybridized carbons (Fsp3) is 0.222. The summed E-state index contributed by atoms with van der Waals surface area (Å²) in [6.45, 7) is 1.74. The van der Waals surface area contributed by atoms with E-state index in [2.05, 4.69) is 5.32 Å². The number of nitrogens with one attached hydrogen (secondary N) is 1. The Bertz CT molecular complexity index is 304. The maximum atomic E-state index is 13.0. The highest BCUT2D eigenvalue weighted by Gasteiger charge is 2.07. The first-order chi connectivity index (χ1) is 5.75. The maximum absolute atomic E-state index is 13.0. The van der Waals surface area contributed by atoms with Gasteiger partial charge in [0.25, 0.3) is 0 Å². The van der Waals surface area contributed by atoms with Gasteiger partial charge in [-0.2, -0.15) is 5.26 Å². The Hall–Kier alpha value is -1.56. The van der Waals surface area contributed by atoms with E-state index in [0.717, 1.165) is 0 Å². The first-order valence-corrected chi connectivity index (χ1v) is 3.64. The molecule has 0 heterocycles. The third-order valence-electron chi connectivity index (χ3n) is 1.65. The largest absolute Gasteiger partial charge is 0.317 e. The zero-order valence-corrected chi connectivity index (χ0v) is 6.71. The Morgan fingerprint density at radius 2 is 2.17 bits per heavy atom. The molecule has 0 aliphatic carbocycles. The number of nitriles is 1. The number of benzene rings is 1. The van der Waals surface area contributed by atoms with Crippen LogP contribution in [0.5, 0.6) is 0 Å². The Morgan fingerprint density at radius 1 is 1.50 bits per heavy atom. The summed E-state index contributed by atoms with van der Waals surface area (Å²) in [7, 11) is 0. The van der Waals surface area contributed by atoms with Gasteiger partial charge in [-0.05, 0) is 13.0 Å². The maximum Gasteiger partial charge on any atom is 0.177 e. The molecule has 1 aromatic carbocycles. The number of halogens is 1. The van der Waals surface area contributed by atoms with Crippen molar-refractivity contribution < 1.29 is 4.39 Å². The molecule has 0 unspecified atom stereocenters. The lowest BCUT2D eigenvalue weighted by Gasteiger charge is -2.09. The molecule has 0 bridgehead atoms. The number of hydrogen-bond acceptors (Lipinski definition) is 2. The van der Waals surface area contributed by atoms with Gasteiger partial charge in [-0.1, -0.05) is 18.2 Å². The molecule has 1 atom stereocenters. The zero-order valence-electron chi connectivity index (χ0n) is 6.71. The molecule has 0 aliphatic rings. The van der Waals surface area contributed by atoms with Crippen molar-refractivity contribution in [1.29, 1.82) is 5.26 Å². The monoisotopic (exact) mass is 164 g/mol. The van der Waals surface area contributed by atoms with Crippen molar-refractivity contribution in [3.05, 3.63) is 35.6 Å². The van der Waals surface area contributed by atoms with Crippen molar-refractivity contribution in [3.8, 4) is 6.19 Å². The molecule has 0 aromatic heterocycles. The normalized spacial score (nSPS) is 11.8. The van der Waals surface area contributed by atoms with E-state index in [1.54, 1.807) is 31.3 Å². The van der Waals surface area contributed by atoms with Crippen molar-refractivity contribution in [2.75, 3.05) is 0 Å². The highest BCUT2D eigenvalue weighted by molar-refractivity contribution is 5.20. The van der Waals surface area contributed by atoms with Crippen LogP contribution in [0.2, 0.25) is 0 Å². The lowest BCUT2D eigenvalue weighted by Crippen LogP contribution is -2.13. The van der Waals surface area contributed by atoms with E-state index in [0.29, 0.717) is 5.56 Å². The SMILES string of the molecule is C[C@@H](NC#N)c1ccccc1F. The summed E-state index contributed by atoms with van der Waals surface area (Å²) in [5, 5.41) is 10.8. The molecule has 0 fully saturated rings. The molecule has 0 amide bonds. The lowest BCUT2D eigenvalue weighted by molar-refractivity contribution is 0.575. The quantitative estimate of drug-likeness (QED) is 0.535. The van der Waals surface area contributed by atoms with Crippen LogP contribution in [0.15, 0.2) is 24.3 Å². The van der Waals surface area contributed by atoms with E-state index in [1.807, 2.05) is 0 Å². The molecule has 12 heavy (non-hydrogen) atoms. The van der Waals surface area contributed by atoms with Gasteiger partial charge in [-0.25, -0.2) is 4.39 Å². The van der Waals surface area contributed by atoms with Gasteiger partial charge in [0.1, 0.15) is 5.82 Å². The predicted molar refractivity (Wildman–Crippen MR) is 43.6 cm³/mol. The van der Waals surface area contributed by atoms with Crippen LogP contribution in [0.4, 0.5) is 4.39 Å². The Labute approximate surface area is 70.6 Å². The third-order valence-corrected chi connectivity index (χ3v) is 1.65. The van der Waals surface area contributed by atoms with Crippen LogP contribution in [-0.4, -0.2) is 0 Å². The standard InChI is InChI=1S/C9H9FN2/c1-7(12-6-11)8-4-2-3-5-9(8)10/h2-5,7,12H,1H3/t7-/m1/s1. The van der Waals surface area contributed by atoms with Gasteiger partial charge in [-0.15, -0.1) is 0 Å². The fourth-order valence-corrected chi connectivity index (χ4v) is 1.00. The van der Waals surface area contributed by atoms with Crippen molar-refractivity contribution in [2.45, 2.75) is 13.0 Å². The number of rotatable bonds is 2.